The van der Waals surface area contributed by atoms with E-state index >= 15 is 0 Å². The second kappa shape index (κ2) is 4.83. The molecule has 0 aromatic heterocycles. The molecule has 0 aliphatic heterocycles. The summed E-state index contributed by atoms with van der Waals surface area (Å²) in [5, 5.41) is 0. The van der Waals surface area contributed by atoms with Crippen LogP contribution in [0.3, 0.4) is 0 Å². The van der Waals surface area contributed by atoms with Crippen LogP contribution < -0.4 is 11.5 Å². The Bertz CT molecular complexity index is 166. The van der Waals surface area contributed by atoms with Crippen LogP contribution in [0.4, 0.5) is 0 Å². The molecule has 0 aliphatic carbocycles. The maximum atomic E-state index is 5.68. The van der Waals surface area contributed by atoms with Crippen molar-refractivity contribution in [3.05, 3.63) is 23.5 Å². The van der Waals surface area contributed by atoms with Gasteiger partial charge >= 0.3 is 0 Å². The molecule has 0 aromatic carbocycles. The van der Waals surface area contributed by atoms with Crippen molar-refractivity contribution in [2.45, 2.75) is 27.2 Å². The Morgan fingerprint density at radius 1 is 1.27 bits per heavy atom. The lowest BCUT2D eigenvalue weighted by Crippen LogP contribution is -2.04. The van der Waals surface area contributed by atoms with Gasteiger partial charge in [-0.2, -0.15) is 0 Å². The van der Waals surface area contributed by atoms with Crippen molar-refractivity contribution in [1.82, 2.24) is 0 Å². The molecule has 0 spiro atoms. The summed E-state index contributed by atoms with van der Waals surface area (Å²) < 4.78 is 0. The summed E-state index contributed by atoms with van der Waals surface area (Å²) in [6.07, 6.45) is 4.63. The van der Waals surface area contributed by atoms with E-state index in [1.807, 2.05) is 19.1 Å². The van der Waals surface area contributed by atoms with Crippen LogP contribution in [0.25, 0.3) is 0 Å². The van der Waals surface area contributed by atoms with E-state index < -0.39 is 0 Å². The maximum Gasteiger partial charge on any atom is 0.0107 e. The molecule has 0 fully saturated rings. The van der Waals surface area contributed by atoms with Crippen LogP contribution in [0.15, 0.2) is 23.5 Å². The van der Waals surface area contributed by atoms with Crippen molar-refractivity contribution in [3.63, 3.8) is 0 Å². The minimum Gasteiger partial charge on any atom is -0.402 e. The fourth-order valence-corrected chi connectivity index (χ4v) is 0.514. The Labute approximate surface area is 69.0 Å². The van der Waals surface area contributed by atoms with Gasteiger partial charge in [-0.25, -0.2) is 0 Å². The molecule has 0 saturated heterocycles. The van der Waals surface area contributed by atoms with Crippen LogP contribution in [0, 0.1) is 5.92 Å². The zero-order valence-corrected chi connectivity index (χ0v) is 7.59. The van der Waals surface area contributed by atoms with Gasteiger partial charge < -0.3 is 11.5 Å². The van der Waals surface area contributed by atoms with Crippen molar-refractivity contribution < 1.29 is 0 Å². The minimum atomic E-state index is 0.399. The highest BCUT2D eigenvalue weighted by Crippen LogP contribution is 2.02. The Hall–Kier alpha value is -0.920. The van der Waals surface area contributed by atoms with Crippen LogP contribution in [0.2, 0.25) is 0 Å². The van der Waals surface area contributed by atoms with Gasteiger partial charge in [0.05, 0.1) is 0 Å². The molecule has 64 valence electrons. The van der Waals surface area contributed by atoms with E-state index in [2.05, 4.69) is 13.8 Å². The van der Waals surface area contributed by atoms with E-state index in [4.69, 9.17) is 11.5 Å². The molecule has 0 aromatic rings. The van der Waals surface area contributed by atoms with E-state index in [9.17, 15) is 0 Å². The van der Waals surface area contributed by atoms with Crippen LogP contribution >= 0.6 is 0 Å². The van der Waals surface area contributed by atoms with E-state index in [1.165, 1.54) is 0 Å². The van der Waals surface area contributed by atoms with Gasteiger partial charge in [0, 0.05) is 11.4 Å². The van der Waals surface area contributed by atoms with Crippen LogP contribution in [0.5, 0.6) is 0 Å². The summed E-state index contributed by atoms with van der Waals surface area (Å²) in [7, 11) is 0. The summed E-state index contributed by atoms with van der Waals surface area (Å²) >= 11 is 0. The Morgan fingerprint density at radius 3 is 2.18 bits per heavy atom. The number of hydrogen-bond acceptors (Lipinski definition) is 2. The quantitative estimate of drug-likeness (QED) is 0.608. The largest absolute Gasteiger partial charge is 0.402 e. The summed E-state index contributed by atoms with van der Waals surface area (Å²) in [4.78, 5) is 0. The Balaban J connectivity index is 4.11. The van der Waals surface area contributed by atoms with Crippen molar-refractivity contribution in [2.75, 3.05) is 0 Å². The number of rotatable bonds is 3. The van der Waals surface area contributed by atoms with Gasteiger partial charge in [-0.05, 0) is 24.5 Å². The number of nitrogens with two attached hydrogens (primary N) is 2. The normalized spacial score (nSPS) is 14.2. The fraction of sp³-hybridized carbons (Fsp3) is 0.556. The second-order valence-corrected chi connectivity index (χ2v) is 2.92. The standard InChI is InChI=1S/C9H18N2/c1-4-8(10)5-6-9(11)7(2)3/h5-7H,4,10-11H2,1-3H3/b8-5-,9-6-. The second-order valence-electron chi connectivity index (χ2n) is 2.92. The highest BCUT2D eigenvalue weighted by molar-refractivity contribution is 5.14. The van der Waals surface area contributed by atoms with Gasteiger partial charge in [-0.3, -0.25) is 0 Å². The molecule has 0 aliphatic rings. The molecule has 0 atom stereocenters. The van der Waals surface area contributed by atoms with Crippen LogP contribution in [0.1, 0.15) is 27.2 Å². The first-order chi connectivity index (χ1) is 5.07. The lowest BCUT2D eigenvalue weighted by Gasteiger charge is -2.02. The first-order valence-corrected chi connectivity index (χ1v) is 3.99. The van der Waals surface area contributed by atoms with Crippen LogP contribution in [-0.4, -0.2) is 0 Å². The van der Waals surface area contributed by atoms with Gasteiger partial charge in [0.25, 0.3) is 0 Å². The smallest absolute Gasteiger partial charge is 0.0107 e. The fourth-order valence-electron chi connectivity index (χ4n) is 0.514. The predicted molar refractivity (Wildman–Crippen MR) is 49.7 cm³/mol. The molecule has 0 saturated carbocycles. The van der Waals surface area contributed by atoms with Crippen LogP contribution in [-0.2, 0) is 0 Å². The lowest BCUT2D eigenvalue weighted by molar-refractivity contribution is 0.757. The molecule has 0 radical (unpaired) electrons. The molecular weight excluding hydrogens is 136 g/mol. The molecule has 0 bridgehead atoms. The average molecular weight is 154 g/mol. The third kappa shape index (κ3) is 4.48. The highest BCUT2D eigenvalue weighted by Gasteiger charge is 1.93. The molecule has 2 heteroatoms. The summed E-state index contributed by atoms with van der Waals surface area (Å²) in [5.74, 6) is 0.399. The molecule has 0 amide bonds. The van der Waals surface area contributed by atoms with Crippen molar-refractivity contribution in [2.24, 2.45) is 17.4 Å². The van der Waals surface area contributed by atoms with E-state index in [0.29, 0.717) is 5.92 Å². The van der Waals surface area contributed by atoms with Crippen molar-refractivity contribution in [3.8, 4) is 0 Å². The van der Waals surface area contributed by atoms with Crippen molar-refractivity contribution in [1.29, 1.82) is 0 Å². The first-order valence-electron chi connectivity index (χ1n) is 3.99. The third-order valence-corrected chi connectivity index (χ3v) is 1.56. The Morgan fingerprint density at radius 2 is 1.82 bits per heavy atom. The minimum absolute atomic E-state index is 0.399. The molecule has 0 heterocycles. The number of hydrogen-bond donors (Lipinski definition) is 2. The zero-order valence-electron chi connectivity index (χ0n) is 7.59. The van der Waals surface area contributed by atoms with Gasteiger partial charge in [0.15, 0.2) is 0 Å². The van der Waals surface area contributed by atoms with E-state index in [1.54, 1.807) is 0 Å². The summed E-state index contributed by atoms with van der Waals surface area (Å²) in [6, 6.07) is 0. The maximum absolute atomic E-state index is 5.68. The molecule has 0 rings (SSSR count). The van der Waals surface area contributed by atoms with Crippen molar-refractivity contribution >= 4 is 0 Å². The van der Waals surface area contributed by atoms with E-state index in [-0.39, 0.29) is 0 Å². The van der Waals surface area contributed by atoms with Gasteiger partial charge in [-0.15, -0.1) is 0 Å². The lowest BCUT2D eigenvalue weighted by atomic mass is 10.1. The first kappa shape index (κ1) is 10.1. The number of allylic oxidation sites excluding steroid dienone is 4. The van der Waals surface area contributed by atoms with Gasteiger partial charge in [-0.1, -0.05) is 20.8 Å². The molecule has 0 unspecified atom stereocenters. The highest BCUT2D eigenvalue weighted by atomic mass is 14.6. The molecular formula is C9H18N2. The molecule has 4 N–H and O–H groups in total. The monoisotopic (exact) mass is 154 g/mol. The summed E-state index contributed by atoms with van der Waals surface area (Å²) in [6.45, 7) is 6.13. The Kier molecular flexibility index (Phi) is 4.42. The van der Waals surface area contributed by atoms with Gasteiger partial charge in [0.2, 0.25) is 0 Å². The van der Waals surface area contributed by atoms with Gasteiger partial charge in [0.1, 0.15) is 0 Å². The SMILES string of the molecule is CC/C(N)=C/C=C(\N)C(C)C. The van der Waals surface area contributed by atoms with E-state index in [0.717, 1.165) is 17.8 Å². The topological polar surface area (TPSA) is 52.0 Å². The molecule has 2 nitrogen and oxygen atoms in total. The zero-order chi connectivity index (χ0) is 8.85. The predicted octanol–water partition coefficient (Wildman–Crippen LogP) is 1.74. The third-order valence-electron chi connectivity index (χ3n) is 1.56. The summed E-state index contributed by atoms with van der Waals surface area (Å²) in [5.41, 5.74) is 13.0. The molecule has 11 heavy (non-hydrogen) atoms. The average Bonchev–Trinajstić information content (AvgIpc) is 1.99.